The van der Waals surface area contributed by atoms with Crippen LogP contribution in [0.1, 0.15) is 13.3 Å². The summed E-state index contributed by atoms with van der Waals surface area (Å²) in [4.78, 5) is 13.6. The second kappa shape index (κ2) is 5.37. The van der Waals surface area contributed by atoms with Gasteiger partial charge in [-0.25, -0.2) is 13.2 Å². The summed E-state index contributed by atoms with van der Waals surface area (Å²) in [5.74, 6) is 0.0673. The molecule has 1 aliphatic heterocycles. The van der Waals surface area contributed by atoms with Crippen molar-refractivity contribution in [2.75, 3.05) is 25.5 Å². The first kappa shape index (κ1) is 12.3. The van der Waals surface area contributed by atoms with E-state index in [1.807, 2.05) is 0 Å². The van der Waals surface area contributed by atoms with E-state index in [1.165, 1.54) is 10.4 Å². The first-order valence-corrected chi connectivity index (χ1v) is 6.37. The Morgan fingerprint density at radius 2 is 2.33 bits per heavy atom. The minimum atomic E-state index is -3.32. The van der Waals surface area contributed by atoms with E-state index in [0.29, 0.717) is 13.0 Å². The molecule has 0 bridgehead atoms. The van der Waals surface area contributed by atoms with Gasteiger partial charge in [-0.15, -0.1) is 0 Å². The van der Waals surface area contributed by atoms with Crippen LogP contribution in [0.15, 0.2) is 4.99 Å². The highest BCUT2D eigenvalue weighted by Gasteiger charge is 2.31. The quantitative estimate of drug-likeness (QED) is 0.495. The Hall–Kier alpha value is -0.750. The SMILES string of the molecule is CCCS(=O)(=O)N1CCOCC1N=C=O. The highest BCUT2D eigenvalue weighted by molar-refractivity contribution is 7.89. The minimum Gasteiger partial charge on any atom is -0.376 e. The molecular formula is C8H14N2O4S. The van der Waals surface area contributed by atoms with E-state index in [2.05, 4.69) is 4.99 Å². The Morgan fingerprint density at radius 3 is 2.93 bits per heavy atom. The molecule has 6 nitrogen and oxygen atoms in total. The first-order valence-electron chi connectivity index (χ1n) is 4.76. The number of morpholine rings is 1. The zero-order valence-electron chi connectivity index (χ0n) is 8.55. The van der Waals surface area contributed by atoms with Crippen molar-refractivity contribution in [1.82, 2.24) is 4.31 Å². The van der Waals surface area contributed by atoms with E-state index >= 15 is 0 Å². The molecule has 1 heterocycles. The van der Waals surface area contributed by atoms with Gasteiger partial charge in [0.2, 0.25) is 16.1 Å². The molecule has 1 saturated heterocycles. The van der Waals surface area contributed by atoms with E-state index in [1.54, 1.807) is 6.92 Å². The predicted molar refractivity (Wildman–Crippen MR) is 53.5 cm³/mol. The number of hydrogen-bond acceptors (Lipinski definition) is 5. The molecule has 1 unspecified atom stereocenters. The summed E-state index contributed by atoms with van der Waals surface area (Å²) in [5, 5.41) is 0. The number of ether oxygens (including phenoxy) is 1. The molecule has 0 N–H and O–H groups in total. The molecule has 0 radical (unpaired) electrons. The fourth-order valence-corrected chi connectivity index (χ4v) is 3.02. The van der Waals surface area contributed by atoms with Gasteiger partial charge in [-0.1, -0.05) is 6.92 Å². The largest absolute Gasteiger partial charge is 0.376 e. The topological polar surface area (TPSA) is 76.0 Å². The standard InChI is InChI=1S/C8H14N2O4S/c1-2-5-15(12,13)10-3-4-14-6-8(10)9-7-11/h8H,2-6H2,1H3. The Bertz CT molecular complexity index is 348. The molecule has 1 aliphatic rings. The van der Waals surface area contributed by atoms with Gasteiger partial charge in [0, 0.05) is 6.54 Å². The maximum Gasteiger partial charge on any atom is 0.236 e. The van der Waals surface area contributed by atoms with Crippen molar-refractivity contribution in [3.8, 4) is 0 Å². The monoisotopic (exact) mass is 234 g/mol. The summed E-state index contributed by atoms with van der Waals surface area (Å²) < 4.78 is 29.8. The van der Waals surface area contributed by atoms with E-state index in [-0.39, 0.29) is 18.9 Å². The fraction of sp³-hybridized carbons (Fsp3) is 0.875. The molecule has 0 aromatic heterocycles. The van der Waals surface area contributed by atoms with Crippen LogP contribution in [0.3, 0.4) is 0 Å². The third-order valence-corrected chi connectivity index (χ3v) is 4.14. The molecule has 86 valence electrons. The van der Waals surface area contributed by atoms with Crippen molar-refractivity contribution in [3.05, 3.63) is 0 Å². The zero-order chi connectivity index (χ0) is 11.3. The van der Waals surface area contributed by atoms with E-state index < -0.39 is 16.2 Å². The first-order chi connectivity index (χ1) is 7.11. The molecule has 1 rings (SSSR count). The van der Waals surface area contributed by atoms with Crippen molar-refractivity contribution in [3.63, 3.8) is 0 Å². The maximum absolute atomic E-state index is 11.8. The van der Waals surface area contributed by atoms with Crippen LogP contribution in [0.5, 0.6) is 0 Å². The van der Waals surface area contributed by atoms with Gasteiger partial charge in [-0.05, 0) is 6.42 Å². The van der Waals surface area contributed by atoms with Crippen molar-refractivity contribution in [1.29, 1.82) is 0 Å². The van der Waals surface area contributed by atoms with Crippen LogP contribution in [0, 0.1) is 0 Å². The van der Waals surface area contributed by atoms with Crippen LogP contribution in [0.2, 0.25) is 0 Å². The van der Waals surface area contributed by atoms with Gasteiger partial charge in [0.25, 0.3) is 0 Å². The van der Waals surface area contributed by atoms with E-state index in [4.69, 9.17) is 4.74 Å². The average Bonchev–Trinajstić information content (AvgIpc) is 2.19. The molecule has 0 aromatic carbocycles. The van der Waals surface area contributed by atoms with Crippen molar-refractivity contribution >= 4 is 16.1 Å². The highest BCUT2D eigenvalue weighted by Crippen LogP contribution is 2.14. The van der Waals surface area contributed by atoms with Crippen LogP contribution >= 0.6 is 0 Å². The molecule has 0 spiro atoms. The van der Waals surface area contributed by atoms with Crippen LogP contribution in [0.4, 0.5) is 0 Å². The van der Waals surface area contributed by atoms with E-state index in [0.717, 1.165) is 0 Å². The summed E-state index contributed by atoms with van der Waals surface area (Å²) in [6.45, 7) is 2.50. The summed E-state index contributed by atoms with van der Waals surface area (Å²) >= 11 is 0. The average molecular weight is 234 g/mol. The lowest BCUT2D eigenvalue weighted by Gasteiger charge is -2.30. The van der Waals surface area contributed by atoms with E-state index in [9.17, 15) is 13.2 Å². The Kier molecular flexibility index (Phi) is 4.41. The van der Waals surface area contributed by atoms with Crippen molar-refractivity contribution in [2.24, 2.45) is 4.99 Å². The Balaban J connectivity index is 2.84. The summed E-state index contributed by atoms with van der Waals surface area (Å²) in [6.07, 6.45) is 1.17. The number of aliphatic imine (C=N–C) groups is 1. The van der Waals surface area contributed by atoms with Gasteiger partial charge in [-0.2, -0.15) is 9.30 Å². The summed E-state index contributed by atoms with van der Waals surface area (Å²) in [7, 11) is -3.32. The second-order valence-electron chi connectivity index (χ2n) is 3.20. The number of nitrogens with zero attached hydrogens (tertiary/aromatic N) is 2. The Morgan fingerprint density at radius 1 is 1.60 bits per heavy atom. The number of hydrogen-bond donors (Lipinski definition) is 0. The van der Waals surface area contributed by atoms with Gasteiger partial charge >= 0.3 is 0 Å². The van der Waals surface area contributed by atoms with Crippen LogP contribution < -0.4 is 0 Å². The van der Waals surface area contributed by atoms with Crippen molar-refractivity contribution in [2.45, 2.75) is 19.5 Å². The smallest absolute Gasteiger partial charge is 0.236 e. The Labute approximate surface area is 89.0 Å². The number of isocyanates is 1. The molecule has 0 aromatic rings. The van der Waals surface area contributed by atoms with Crippen LogP contribution in [0.25, 0.3) is 0 Å². The lowest BCUT2D eigenvalue weighted by Crippen LogP contribution is -2.48. The van der Waals surface area contributed by atoms with Gasteiger partial charge < -0.3 is 4.74 Å². The normalized spacial score (nSPS) is 23.4. The number of rotatable bonds is 4. The lowest BCUT2D eigenvalue weighted by molar-refractivity contribution is 0.0359. The number of sulfonamides is 1. The van der Waals surface area contributed by atoms with Crippen LogP contribution in [-0.2, 0) is 19.6 Å². The van der Waals surface area contributed by atoms with Crippen molar-refractivity contribution < 1.29 is 17.9 Å². The molecule has 15 heavy (non-hydrogen) atoms. The van der Waals surface area contributed by atoms with Gasteiger partial charge in [0.05, 0.1) is 19.0 Å². The maximum atomic E-state index is 11.8. The van der Waals surface area contributed by atoms with Gasteiger partial charge in [0.1, 0.15) is 0 Å². The van der Waals surface area contributed by atoms with Crippen LogP contribution in [-0.4, -0.2) is 50.5 Å². The summed E-state index contributed by atoms with van der Waals surface area (Å²) in [6, 6.07) is 0. The number of carbonyl (C=O) groups excluding carboxylic acids is 1. The fourth-order valence-electron chi connectivity index (χ4n) is 1.44. The molecular weight excluding hydrogens is 220 g/mol. The molecule has 7 heteroatoms. The molecule has 0 amide bonds. The molecule has 1 atom stereocenters. The van der Waals surface area contributed by atoms with Gasteiger partial charge in [-0.3, -0.25) is 0 Å². The molecule has 1 fully saturated rings. The van der Waals surface area contributed by atoms with Gasteiger partial charge in [0.15, 0.2) is 6.17 Å². The third kappa shape index (κ3) is 3.10. The third-order valence-electron chi connectivity index (χ3n) is 2.08. The molecule has 0 aliphatic carbocycles. The molecule has 0 saturated carbocycles. The summed E-state index contributed by atoms with van der Waals surface area (Å²) in [5.41, 5.74) is 0. The minimum absolute atomic E-state index is 0.0673. The highest BCUT2D eigenvalue weighted by atomic mass is 32.2. The lowest BCUT2D eigenvalue weighted by atomic mass is 10.4. The second-order valence-corrected chi connectivity index (χ2v) is 5.24. The predicted octanol–water partition coefficient (Wildman–Crippen LogP) is -0.280. The zero-order valence-corrected chi connectivity index (χ0v) is 9.37.